The second-order valence-electron chi connectivity index (χ2n) is 5.00. The normalized spacial score (nSPS) is 33.7. The molecule has 0 spiro atoms. The Morgan fingerprint density at radius 1 is 1.60 bits per heavy atom. The van der Waals surface area contributed by atoms with Crippen LogP contribution in [-0.2, 0) is 4.79 Å². The zero-order valence-corrected chi connectivity index (χ0v) is 10.0. The number of nitrogens with one attached hydrogen (secondary N) is 1. The Morgan fingerprint density at radius 3 is 2.80 bits per heavy atom. The van der Waals surface area contributed by atoms with E-state index < -0.39 is 11.4 Å². The summed E-state index contributed by atoms with van der Waals surface area (Å²) < 4.78 is 0. The lowest BCUT2D eigenvalue weighted by atomic mass is 9.71. The number of carboxylic acids is 1. The van der Waals surface area contributed by atoms with Crippen LogP contribution in [-0.4, -0.2) is 23.2 Å². The van der Waals surface area contributed by atoms with Gasteiger partial charge in [0.15, 0.2) is 0 Å². The van der Waals surface area contributed by atoms with Gasteiger partial charge in [0.25, 0.3) is 0 Å². The van der Waals surface area contributed by atoms with Gasteiger partial charge in [0.1, 0.15) is 0 Å². The molecule has 1 saturated carbocycles. The molecule has 0 aromatic heterocycles. The van der Waals surface area contributed by atoms with Crippen molar-refractivity contribution in [2.24, 2.45) is 5.41 Å². The Hall–Kier alpha value is -0.570. The number of aliphatic carboxylic acids is 1. The van der Waals surface area contributed by atoms with Crippen LogP contribution in [0.3, 0.4) is 0 Å². The molecular weight excluding hydrogens is 190 g/mol. The first kappa shape index (κ1) is 12.5. The van der Waals surface area contributed by atoms with Crippen molar-refractivity contribution < 1.29 is 9.90 Å². The van der Waals surface area contributed by atoms with Crippen LogP contribution in [0, 0.1) is 5.41 Å². The predicted molar refractivity (Wildman–Crippen MR) is 60.9 cm³/mol. The topological polar surface area (TPSA) is 49.3 Å². The molecule has 3 heteroatoms. The van der Waals surface area contributed by atoms with Crippen LogP contribution in [0.4, 0.5) is 0 Å². The summed E-state index contributed by atoms with van der Waals surface area (Å²) in [7, 11) is 0. The molecule has 88 valence electrons. The maximum Gasteiger partial charge on any atom is 0.310 e. The summed E-state index contributed by atoms with van der Waals surface area (Å²) in [6.07, 6.45) is 5.04. The third-order valence-electron chi connectivity index (χ3n) is 3.79. The molecule has 1 aliphatic rings. The second kappa shape index (κ2) is 4.97. The van der Waals surface area contributed by atoms with Crippen molar-refractivity contribution in [3.8, 4) is 0 Å². The van der Waals surface area contributed by atoms with Gasteiger partial charge in [0.2, 0.25) is 0 Å². The van der Waals surface area contributed by atoms with Gasteiger partial charge < -0.3 is 10.4 Å². The SMILES string of the molecule is CCC(C)NC1CCCCC1(C)C(=O)O. The fourth-order valence-corrected chi connectivity index (χ4v) is 2.32. The Kier molecular flexibility index (Phi) is 4.14. The molecule has 0 aromatic rings. The molecule has 1 aliphatic carbocycles. The number of carbonyl (C=O) groups is 1. The highest BCUT2D eigenvalue weighted by Gasteiger charge is 2.43. The van der Waals surface area contributed by atoms with E-state index in [1.54, 1.807) is 0 Å². The highest BCUT2D eigenvalue weighted by atomic mass is 16.4. The first-order chi connectivity index (χ1) is 7.00. The van der Waals surface area contributed by atoms with Crippen molar-refractivity contribution in [1.29, 1.82) is 0 Å². The highest BCUT2D eigenvalue weighted by molar-refractivity contribution is 5.75. The molecule has 0 aromatic carbocycles. The minimum Gasteiger partial charge on any atom is -0.481 e. The zero-order chi connectivity index (χ0) is 11.5. The lowest BCUT2D eigenvalue weighted by Crippen LogP contribution is -2.52. The van der Waals surface area contributed by atoms with E-state index >= 15 is 0 Å². The molecule has 3 atom stereocenters. The lowest BCUT2D eigenvalue weighted by Gasteiger charge is -2.40. The molecule has 1 fully saturated rings. The average molecular weight is 213 g/mol. The van der Waals surface area contributed by atoms with Gasteiger partial charge in [0, 0.05) is 12.1 Å². The minimum absolute atomic E-state index is 0.138. The summed E-state index contributed by atoms with van der Waals surface area (Å²) in [5.41, 5.74) is -0.568. The zero-order valence-electron chi connectivity index (χ0n) is 10.0. The van der Waals surface area contributed by atoms with Crippen LogP contribution >= 0.6 is 0 Å². The first-order valence-corrected chi connectivity index (χ1v) is 6.00. The van der Waals surface area contributed by atoms with Gasteiger partial charge in [-0.05, 0) is 33.1 Å². The third-order valence-corrected chi connectivity index (χ3v) is 3.79. The maximum absolute atomic E-state index is 11.3. The van der Waals surface area contributed by atoms with Crippen LogP contribution in [0.5, 0.6) is 0 Å². The van der Waals surface area contributed by atoms with Crippen LogP contribution < -0.4 is 5.32 Å². The Labute approximate surface area is 92.3 Å². The monoisotopic (exact) mass is 213 g/mol. The largest absolute Gasteiger partial charge is 0.481 e. The maximum atomic E-state index is 11.3. The van der Waals surface area contributed by atoms with E-state index in [1.807, 2.05) is 6.92 Å². The van der Waals surface area contributed by atoms with Gasteiger partial charge in [-0.3, -0.25) is 4.79 Å². The van der Waals surface area contributed by atoms with Crippen LogP contribution in [0.25, 0.3) is 0 Å². The third kappa shape index (κ3) is 2.71. The molecule has 0 bridgehead atoms. The van der Waals surface area contributed by atoms with Crippen molar-refractivity contribution in [3.05, 3.63) is 0 Å². The number of hydrogen-bond donors (Lipinski definition) is 2. The van der Waals surface area contributed by atoms with E-state index in [0.29, 0.717) is 6.04 Å². The van der Waals surface area contributed by atoms with Gasteiger partial charge in [-0.1, -0.05) is 19.8 Å². The van der Waals surface area contributed by atoms with Crippen LogP contribution in [0.2, 0.25) is 0 Å². The van der Waals surface area contributed by atoms with Crippen molar-refractivity contribution in [2.45, 2.75) is 65.0 Å². The minimum atomic E-state index is -0.650. The standard InChI is InChI=1S/C12H23NO2/c1-4-9(2)13-10-7-5-6-8-12(10,3)11(14)15/h9-10,13H,4-8H2,1-3H3,(H,14,15). The fourth-order valence-electron chi connectivity index (χ4n) is 2.32. The lowest BCUT2D eigenvalue weighted by molar-refractivity contribution is -0.151. The first-order valence-electron chi connectivity index (χ1n) is 6.00. The number of carboxylic acid groups (broad SMARTS) is 1. The van der Waals surface area contributed by atoms with E-state index in [2.05, 4.69) is 19.2 Å². The fraction of sp³-hybridized carbons (Fsp3) is 0.917. The van der Waals surface area contributed by atoms with Gasteiger partial charge in [0.05, 0.1) is 5.41 Å². The van der Waals surface area contributed by atoms with Gasteiger partial charge in [-0.15, -0.1) is 0 Å². The van der Waals surface area contributed by atoms with Gasteiger partial charge >= 0.3 is 5.97 Å². The molecule has 0 amide bonds. The summed E-state index contributed by atoms with van der Waals surface area (Å²) >= 11 is 0. The smallest absolute Gasteiger partial charge is 0.310 e. The number of hydrogen-bond acceptors (Lipinski definition) is 2. The molecule has 15 heavy (non-hydrogen) atoms. The summed E-state index contributed by atoms with van der Waals surface area (Å²) in [5.74, 6) is -0.650. The van der Waals surface area contributed by atoms with Gasteiger partial charge in [-0.25, -0.2) is 0 Å². The highest BCUT2D eigenvalue weighted by Crippen LogP contribution is 2.36. The summed E-state index contributed by atoms with van der Waals surface area (Å²) in [4.78, 5) is 11.3. The molecular formula is C12H23NO2. The van der Waals surface area contributed by atoms with Crippen LogP contribution in [0.15, 0.2) is 0 Å². The van der Waals surface area contributed by atoms with Crippen molar-refractivity contribution in [3.63, 3.8) is 0 Å². The molecule has 0 heterocycles. The van der Waals surface area contributed by atoms with Crippen LogP contribution in [0.1, 0.15) is 52.9 Å². The molecule has 0 radical (unpaired) electrons. The second-order valence-corrected chi connectivity index (χ2v) is 5.00. The quantitative estimate of drug-likeness (QED) is 0.754. The van der Waals surface area contributed by atoms with E-state index in [9.17, 15) is 9.90 Å². The Bertz CT molecular complexity index is 230. The molecule has 0 saturated heterocycles. The van der Waals surface area contributed by atoms with E-state index in [1.165, 1.54) is 0 Å². The predicted octanol–water partition coefficient (Wildman–Crippen LogP) is 2.41. The van der Waals surface area contributed by atoms with Crippen molar-refractivity contribution >= 4 is 5.97 Å². The molecule has 2 N–H and O–H groups in total. The Morgan fingerprint density at radius 2 is 2.27 bits per heavy atom. The van der Waals surface area contributed by atoms with E-state index in [0.717, 1.165) is 32.1 Å². The van der Waals surface area contributed by atoms with Crippen molar-refractivity contribution in [1.82, 2.24) is 5.32 Å². The molecule has 0 aliphatic heterocycles. The Balaban J connectivity index is 2.69. The molecule has 3 unspecified atom stereocenters. The number of rotatable bonds is 4. The molecule has 3 nitrogen and oxygen atoms in total. The molecule has 1 rings (SSSR count). The average Bonchev–Trinajstić information content (AvgIpc) is 2.21. The summed E-state index contributed by atoms with van der Waals surface area (Å²) in [6, 6.07) is 0.547. The van der Waals surface area contributed by atoms with Gasteiger partial charge in [-0.2, -0.15) is 0 Å². The summed E-state index contributed by atoms with van der Waals surface area (Å²) in [6.45, 7) is 6.13. The van der Waals surface area contributed by atoms with E-state index in [-0.39, 0.29) is 6.04 Å². The summed E-state index contributed by atoms with van der Waals surface area (Å²) in [5, 5.41) is 12.8. The van der Waals surface area contributed by atoms with E-state index in [4.69, 9.17) is 0 Å². The van der Waals surface area contributed by atoms with Crippen molar-refractivity contribution in [2.75, 3.05) is 0 Å².